The van der Waals surface area contributed by atoms with Crippen LogP contribution in [0.1, 0.15) is 11.9 Å². The molecule has 0 fully saturated rings. The third kappa shape index (κ3) is 3.53. The summed E-state index contributed by atoms with van der Waals surface area (Å²) in [6.45, 7) is -0.116. The molecular formula is C19H16N8O3S. The number of ether oxygens (including phenoxy) is 2. The average molecular weight is 436 g/mol. The van der Waals surface area contributed by atoms with Crippen LogP contribution in [-0.4, -0.2) is 35.6 Å². The fraction of sp³-hybridized carbons (Fsp3) is 0.105. The van der Waals surface area contributed by atoms with Gasteiger partial charge in [-0.3, -0.25) is 14.5 Å². The molecule has 0 bridgehead atoms. The normalized spacial score (nSPS) is 15.5. The van der Waals surface area contributed by atoms with Gasteiger partial charge in [-0.05, 0) is 17.8 Å². The smallest absolute Gasteiger partial charge is 0.268 e. The Kier molecular flexibility index (Phi) is 4.67. The summed E-state index contributed by atoms with van der Waals surface area (Å²) < 4.78 is 13.3. The second-order valence-electron chi connectivity index (χ2n) is 6.55. The largest absolute Gasteiger partial charge is 0.454 e. The number of nitrogens with one attached hydrogen (secondary N) is 1. The van der Waals surface area contributed by atoms with E-state index in [2.05, 4.69) is 25.1 Å². The van der Waals surface area contributed by atoms with Crippen LogP contribution in [-0.2, 0) is 20.8 Å². The van der Waals surface area contributed by atoms with Gasteiger partial charge in [0.25, 0.3) is 6.29 Å². The van der Waals surface area contributed by atoms with Crippen LogP contribution >= 0.6 is 11.8 Å². The highest BCUT2D eigenvalue weighted by atomic mass is 32.2. The number of H-pyrrole nitrogens is 1. The molecule has 1 aliphatic rings. The van der Waals surface area contributed by atoms with Gasteiger partial charge in [0.2, 0.25) is 11.0 Å². The number of fused-ring (bicyclic) bond motifs is 1. The number of primary amides is 1. The van der Waals surface area contributed by atoms with Crippen molar-refractivity contribution in [1.29, 1.82) is 0 Å². The van der Waals surface area contributed by atoms with Crippen LogP contribution in [0.2, 0.25) is 0 Å². The van der Waals surface area contributed by atoms with E-state index in [1.54, 1.807) is 10.8 Å². The topological polar surface area (TPSA) is 160 Å². The Morgan fingerprint density at radius 2 is 2.13 bits per heavy atom. The number of nitrogens with two attached hydrogens (primary N) is 2. The fourth-order valence-electron chi connectivity index (χ4n) is 3.21. The van der Waals surface area contributed by atoms with E-state index in [0.29, 0.717) is 21.4 Å². The Balaban J connectivity index is 1.42. The first-order valence-corrected chi connectivity index (χ1v) is 9.96. The second-order valence-corrected chi connectivity index (χ2v) is 7.52. The third-order valence-corrected chi connectivity index (χ3v) is 5.42. The predicted molar refractivity (Wildman–Crippen MR) is 112 cm³/mol. The number of aromatic nitrogens is 6. The summed E-state index contributed by atoms with van der Waals surface area (Å²) in [4.78, 5) is 24.2. The van der Waals surface area contributed by atoms with Crippen LogP contribution in [0.5, 0.6) is 0 Å². The van der Waals surface area contributed by atoms with Crippen LogP contribution in [0.25, 0.3) is 22.4 Å². The molecule has 1 unspecified atom stereocenters. The molecule has 0 saturated carbocycles. The van der Waals surface area contributed by atoms with Crippen molar-refractivity contribution >= 4 is 34.7 Å². The number of thioether (sulfide) groups is 1. The maximum absolute atomic E-state index is 11.6. The van der Waals surface area contributed by atoms with Gasteiger partial charge in [0.1, 0.15) is 19.1 Å². The SMILES string of the molecule is NC(=O)Cn1c(SC2=COC(c3ccccc3-c3cc[nH]n3)O2)nc2c(N)ncnc21. The number of hydrogen-bond acceptors (Lipinski definition) is 9. The highest BCUT2D eigenvalue weighted by molar-refractivity contribution is 8.02. The number of aromatic amines is 1. The summed E-state index contributed by atoms with van der Waals surface area (Å²) in [5, 5.41) is 7.93. The van der Waals surface area contributed by atoms with Gasteiger partial charge < -0.3 is 20.9 Å². The van der Waals surface area contributed by atoms with Gasteiger partial charge in [0.15, 0.2) is 22.1 Å². The minimum atomic E-state index is -0.658. The molecule has 5 N–H and O–H groups in total. The highest BCUT2D eigenvalue weighted by Crippen LogP contribution is 2.40. The predicted octanol–water partition coefficient (Wildman–Crippen LogP) is 1.92. The second kappa shape index (κ2) is 7.65. The van der Waals surface area contributed by atoms with Gasteiger partial charge in [-0.1, -0.05) is 24.3 Å². The van der Waals surface area contributed by atoms with Crippen molar-refractivity contribution in [2.75, 3.05) is 5.73 Å². The summed E-state index contributed by atoms with van der Waals surface area (Å²) in [6, 6.07) is 9.54. The first kappa shape index (κ1) is 18.9. The molecular weight excluding hydrogens is 420 g/mol. The number of nitrogens with zero attached hydrogens (tertiary/aromatic N) is 5. The number of hydrogen-bond donors (Lipinski definition) is 3. The molecule has 11 nitrogen and oxygen atoms in total. The van der Waals surface area contributed by atoms with E-state index >= 15 is 0 Å². The minimum Gasteiger partial charge on any atom is -0.454 e. The van der Waals surface area contributed by atoms with Gasteiger partial charge in [-0.15, -0.1) is 0 Å². The standard InChI is InChI=1S/C19H16N8O3S/c20-13(28)7-27-17-15(16(21)22-9-23-17)25-19(27)31-14-8-29-18(30-14)11-4-2-1-3-10(11)12-5-6-24-26-12/h1-6,8-9,18H,7H2,(H2,20,28)(H,24,26)(H2,21,22,23). The molecule has 3 aromatic heterocycles. The van der Waals surface area contributed by atoms with E-state index in [-0.39, 0.29) is 12.4 Å². The average Bonchev–Trinajstić information content (AvgIpc) is 3.50. The summed E-state index contributed by atoms with van der Waals surface area (Å²) in [5.41, 5.74) is 14.6. The lowest BCUT2D eigenvalue weighted by atomic mass is 10.0. The lowest BCUT2D eigenvalue weighted by Gasteiger charge is -2.15. The van der Waals surface area contributed by atoms with Crippen LogP contribution in [0, 0.1) is 0 Å². The quantitative estimate of drug-likeness (QED) is 0.410. The maximum Gasteiger partial charge on any atom is 0.268 e. The fourth-order valence-corrected chi connectivity index (χ4v) is 4.03. The monoisotopic (exact) mass is 436 g/mol. The number of anilines is 1. The Morgan fingerprint density at radius 1 is 1.26 bits per heavy atom. The van der Waals surface area contributed by atoms with Gasteiger partial charge in [0, 0.05) is 17.3 Å². The van der Waals surface area contributed by atoms with Gasteiger partial charge in [-0.2, -0.15) is 5.10 Å². The van der Waals surface area contributed by atoms with Crippen molar-refractivity contribution < 1.29 is 14.3 Å². The molecule has 0 aliphatic carbocycles. The number of carbonyl (C=O) groups excluding carboxylic acids is 1. The number of carbonyl (C=O) groups is 1. The summed E-state index contributed by atoms with van der Waals surface area (Å²) >= 11 is 1.17. The van der Waals surface area contributed by atoms with Crippen molar-refractivity contribution in [1.82, 2.24) is 29.7 Å². The molecule has 1 atom stereocenters. The number of imidazole rings is 1. The summed E-state index contributed by atoms with van der Waals surface area (Å²) in [5.74, 6) is -0.333. The molecule has 5 rings (SSSR count). The van der Waals surface area contributed by atoms with Gasteiger partial charge in [0.05, 0.1) is 5.69 Å². The molecule has 1 amide bonds. The van der Waals surface area contributed by atoms with E-state index in [9.17, 15) is 4.79 Å². The van der Waals surface area contributed by atoms with Crippen molar-refractivity contribution in [2.24, 2.45) is 5.73 Å². The van der Waals surface area contributed by atoms with Crippen molar-refractivity contribution in [3.63, 3.8) is 0 Å². The molecule has 4 heterocycles. The van der Waals surface area contributed by atoms with E-state index in [0.717, 1.165) is 16.8 Å². The number of amides is 1. The molecule has 1 aliphatic heterocycles. The van der Waals surface area contributed by atoms with Crippen LogP contribution in [0.4, 0.5) is 5.82 Å². The van der Waals surface area contributed by atoms with Crippen LogP contribution in [0.15, 0.2) is 59.4 Å². The van der Waals surface area contributed by atoms with Gasteiger partial charge >= 0.3 is 0 Å². The van der Waals surface area contributed by atoms with E-state index in [4.69, 9.17) is 20.9 Å². The molecule has 31 heavy (non-hydrogen) atoms. The molecule has 156 valence electrons. The maximum atomic E-state index is 11.6. The third-order valence-electron chi connectivity index (χ3n) is 4.53. The molecule has 1 aromatic carbocycles. The van der Waals surface area contributed by atoms with Crippen molar-refractivity contribution in [3.8, 4) is 11.3 Å². The minimum absolute atomic E-state index is 0.116. The van der Waals surface area contributed by atoms with Crippen LogP contribution in [0.3, 0.4) is 0 Å². The van der Waals surface area contributed by atoms with E-state index < -0.39 is 12.2 Å². The summed E-state index contributed by atoms with van der Waals surface area (Å²) in [7, 11) is 0. The molecule has 4 aromatic rings. The summed E-state index contributed by atoms with van der Waals surface area (Å²) in [6.07, 6.45) is 3.90. The molecule has 12 heteroatoms. The lowest BCUT2D eigenvalue weighted by Crippen LogP contribution is -2.19. The zero-order valence-corrected chi connectivity index (χ0v) is 16.7. The lowest BCUT2D eigenvalue weighted by molar-refractivity contribution is -0.118. The van der Waals surface area contributed by atoms with Crippen molar-refractivity contribution in [2.45, 2.75) is 18.0 Å². The number of benzene rings is 1. The highest BCUT2D eigenvalue weighted by Gasteiger charge is 2.27. The zero-order chi connectivity index (χ0) is 21.4. The Bertz CT molecular complexity index is 1300. The zero-order valence-electron chi connectivity index (χ0n) is 15.9. The Hall–Kier alpha value is -4.06. The van der Waals surface area contributed by atoms with Gasteiger partial charge in [-0.25, -0.2) is 15.0 Å². The number of nitrogen functional groups attached to an aromatic ring is 1. The molecule has 0 saturated heterocycles. The number of rotatable bonds is 6. The first-order valence-electron chi connectivity index (χ1n) is 9.14. The van der Waals surface area contributed by atoms with E-state index in [1.165, 1.54) is 24.4 Å². The van der Waals surface area contributed by atoms with Crippen molar-refractivity contribution in [3.05, 3.63) is 59.8 Å². The van der Waals surface area contributed by atoms with Crippen LogP contribution < -0.4 is 11.5 Å². The Morgan fingerprint density at radius 3 is 2.94 bits per heavy atom. The molecule has 0 radical (unpaired) electrons. The molecule has 0 spiro atoms. The van der Waals surface area contributed by atoms with E-state index in [1.807, 2.05) is 30.3 Å². The Labute approximate surface area is 179 Å². The first-order chi connectivity index (χ1) is 15.1.